The van der Waals surface area contributed by atoms with Gasteiger partial charge in [0.15, 0.2) is 10.3 Å². The third kappa shape index (κ3) is 2.91. The van der Waals surface area contributed by atoms with Crippen LogP contribution in [-0.4, -0.2) is 10.2 Å². The number of nitrogens with zero attached hydrogens (tertiary/aromatic N) is 2. The maximum absolute atomic E-state index is 13.3. The molecule has 0 saturated carbocycles. The van der Waals surface area contributed by atoms with Crippen LogP contribution in [-0.2, 0) is 0 Å². The van der Waals surface area contributed by atoms with E-state index >= 15 is 0 Å². The van der Waals surface area contributed by atoms with Crippen LogP contribution < -0.4 is 5.32 Å². The van der Waals surface area contributed by atoms with Gasteiger partial charge in [0.05, 0.1) is 10.2 Å². The zero-order valence-corrected chi connectivity index (χ0v) is 12.2. The molecule has 1 aromatic heterocycles. The van der Waals surface area contributed by atoms with E-state index in [4.69, 9.17) is 23.2 Å². The smallest absolute Gasteiger partial charge is 0.175 e. The first kappa shape index (κ1) is 13.5. The van der Waals surface area contributed by atoms with Gasteiger partial charge in [0.25, 0.3) is 0 Å². The first-order valence-corrected chi connectivity index (χ1v) is 6.43. The zero-order valence-electron chi connectivity index (χ0n) is 9.14. The van der Waals surface area contributed by atoms with Gasteiger partial charge in [-0.2, -0.15) is 0 Å². The number of nitrogens with one attached hydrogen (secondary N) is 1. The quantitative estimate of drug-likeness (QED) is 0.850. The van der Waals surface area contributed by atoms with Crippen LogP contribution in [0.1, 0.15) is 5.56 Å². The lowest BCUT2D eigenvalue weighted by Crippen LogP contribution is -1.97. The number of benzene rings is 1. The maximum atomic E-state index is 13.3. The van der Waals surface area contributed by atoms with Crippen LogP contribution in [0.4, 0.5) is 15.8 Å². The predicted molar refractivity (Wildman–Crippen MR) is 74.2 cm³/mol. The molecule has 2 rings (SSSR count). The van der Waals surface area contributed by atoms with Gasteiger partial charge in [-0.15, -0.1) is 10.2 Å². The Morgan fingerprint density at radius 3 is 2.61 bits per heavy atom. The SMILES string of the molecule is Cc1cc(F)c(Br)cc1Nc1cc(Cl)nnc1Cl. The second-order valence-electron chi connectivity index (χ2n) is 3.58. The number of hydrogen-bond acceptors (Lipinski definition) is 3. The molecule has 7 heteroatoms. The highest BCUT2D eigenvalue weighted by Crippen LogP contribution is 2.30. The second-order valence-corrected chi connectivity index (χ2v) is 5.18. The lowest BCUT2D eigenvalue weighted by atomic mass is 10.2. The molecular weight excluding hydrogens is 344 g/mol. The Balaban J connectivity index is 2.40. The Kier molecular flexibility index (Phi) is 4.04. The van der Waals surface area contributed by atoms with Crippen molar-refractivity contribution in [3.05, 3.63) is 44.4 Å². The molecule has 1 N–H and O–H groups in total. The molecule has 1 aromatic carbocycles. The summed E-state index contributed by atoms with van der Waals surface area (Å²) in [5, 5.41) is 10.7. The van der Waals surface area contributed by atoms with Crippen LogP contribution >= 0.6 is 39.1 Å². The summed E-state index contributed by atoms with van der Waals surface area (Å²) >= 11 is 14.8. The number of aromatic nitrogens is 2. The molecule has 0 aliphatic carbocycles. The molecule has 94 valence electrons. The summed E-state index contributed by atoms with van der Waals surface area (Å²) in [5.41, 5.74) is 1.95. The standard InChI is InChI=1S/C11H7BrCl2FN3/c1-5-2-7(15)6(12)3-8(5)16-9-4-10(13)17-18-11(9)14/h2-4H,1H3,(H,16,17). The Hall–Kier alpha value is -0.910. The maximum Gasteiger partial charge on any atom is 0.175 e. The van der Waals surface area contributed by atoms with Crippen LogP contribution in [0.3, 0.4) is 0 Å². The average Bonchev–Trinajstić information content (AvgIpc) is 2.30. The molecular formula is C11H7BrCl2FN3. The van der Waals surface area contributed by atoms with E-state index in [1.807, 2.05) is 0 Å². The van der Waals surface area contributed by atoms with E-state index in [2.05, 4.69) is 31.4 Å². The third-order valence-electron chi connectivity index (χ3n) is 2.26. The number of rotatable bonds is 2. The topological polar surface area (TPSA) is 37.8 Å². The Labute approximate surface area is 121 Å². The van der Waals surface area contributed by atoms with E-state index in [1.54, 1.807) is 19.1 Å². The largest absolute Gasteiger partial charge is 0.353 e. The zero-order chi connectivity index (χ0) is 13.3. The predicted octanol–water partition coefficient (Wildman–Crippen LogP) is 4.74. The summed E-state index contributed by atoms with van der Waals surface area (Å²) in [4.78, 5) is 0. The summed E-state index contributed by atoms with van der Waals surface area (Å²) < 4.78 is 13.7. The molecule has 1 heterocycles. The highest BCUT2D eigenvalue weighted by molar-refractivity contribution is 9.10. The minimum absolute atomic E-state index is 0.194. The minimum Gasteiger partial charge on any atom is -0.353 e. The number of aryl methyl sites for hydroxylation is 1. The fourth-order valence-corrected chi connectivity index (χ4v) is 2.00. The van der Waals surface area contributed by atoms with E-state index in [9.17, 15) is 4.39 Å². The molecule has 0 aliphatic heterocycles. The summed E-state index contributed by atoms with van der Waals surface area (Å²) in [6, 6.07) is 4.58. The van der Waals surface area contributed by atoms with Gasteiger partial charge < -0.3 is 5.32 Å². The summed E-state index contributed by atoms with van der Waals surface area (Å²) in [7, 11) is 0. The lowest BCUT2D eigenvalue weighted by Gasteiger charge is -2.11. The molecule has 0 spiro atoms. The van der Waals surface area contributed by atoms with E-state index in [1.165, 1.54) is 6.07 Å². The molecule has 0 aliphatic rings. The fourth-order valence-electron chi connectivity index (χ4n) is 1.37. The normalized spacial score (nSPS) is 10.5. The van der Waals surface area contributed by atoms with Gasteiger partial charge in [-0.25, -0.2) is 4.39 Å². The minimum atomic E-state index is -0.324. The third-order valence-corrected chi connectivity index (χ3v) is 3.33. The van der Waals surface area contributed by atoms with Gasteiger partial charge in [0.1, 0.15) is 5.82 Å². The van der Waals surface area contributed by atoms with Crippen molar-refractivity contribution in [1.29, 1.82) is 0 Å². The molecule has 3 nitrogen and oxygen atoms in total. The molecule has 0 atom stereocenters. The summed E-state index contributed by atoms with van der Waals surface area (Å²) in [6.45, 7) is 1.78. The van der Waals surface area contributed by atoms with Crippen molar-refractivity contribution in [3.63, 3.8) is 0 Å². The van der Waals surface area contributed by atoms with Crippen LogP contribution in [0, 0.1) is 12.7 Å². The molecule has 0 bridgehead atoms. The molecule has 0 radical (unpaired) electrons. The fraction of sp³-hybridized carbons (Fsp3) is 0.0909. The molecule has 18 heavy (non-hydrogen) atoms. The monoisotopic (exact) mass is 349 g/mol. The van der Waals surface area contributed by atoms with Gasteiger partial charge in [0.2, 0.25) is 0 Å². The second kappa shape index (κ2) is 5.38. The highest BCUT2D eigenvalue weighted by atomic mass is 79.9. The molecule has 0 fully saturated rings. The van der Waals surface area contributed by atoms with Crippen molar-refractivity contribution in [1.82, 2.24) is 10.2 Å². The number of hydrogen-bond donors (Lipinski definition) is 1. The molecule has 2 aromatic rings. The van der Waals surface area contributed by atoms with Gasteiger partial charge in [-0.3, -0.25) is 0 Å². The van der Waals surface area contributed by atoms with Gasteiger partial charge in [-0.05, 0) is 40.5 Å². The first-order valence-electron chi connectivity index (χ1n) is 4.89. The van der Waals surface area contributed by atoms with Crippen molar-refractivity contribution < 1.29 is 4.39 Å². The van der Waals surface area contributed by atoms with Crippen molar-refractivity contribution in [2.24, 2.45) is 0 Å². The van der Waals surface area contributed by atoms with Crippen molar-refractivity contribution in [2.45, 2.75) is 6.92 Å². The molecule has 0 amide bonds. The van der Waals surface area contributed by atoms with Gasteiger partial charge >= 0.3 is 0 Å². The first-order chi connectivity index (χ1) is 8.47. The van der Waals surface area contributed by atoms with Crippen LogP contribution in [0.25, 0.3) is 0 Å². The van der Waals surface area contributed by atoms with E-state index in [0.29, 0.717) is 15.8 Å². The number of anilines is 2. The highest BCUT2D eigenvalue weighted by Gasteiger charge is 2.09. The van der Waals surface area contributed by atoms with Crippen molar-refractivity contribution >= 4 is 50.5 Å². The molecule has 0 saturated heterocycles. The Bertz CT molecular complexity index is 607. The average molecular weight is 351 g/mol. The van der Waals surface area contributed by atoms with E-state index in [-0.39, 0.29) is 16.1 Å². The van der Waals surface area contributed by atoms with Gasteiger partial charge in [-0.1, -0.05) is 23.2 Å². The Morgan fingerprint density at radius 1 is 1.17 bits per heavy atom. The summed E-state index contributed by atoms with van der Waals surface area (Å²) in [5.74, 6) is -0.324. The Morgan fingerprint density at radius 2 is 1.89 bits per heavy atom. The lowest BCUT2D eigenvalue weighted by molar-refractivity contribution is 0.620. The van der Waals surface area contributed by atoms with E-state index in [0.717, 1.165) is 5.56 Å². The number of halogens is 4. The van der Waals surface area contributed by atoms with Crippen LogP contribution in [0.5, 0.6) is 0 Å². The summed E-state index contributed by atoms with van der Waals surface area (Å²) in [6.07, 6.45) is 0. The molecule has 0 unspecified atom stereocenters. The van der Waals surface area contributed by atoms with Crippen LogP contribution in [0.2, 0.25) is 10.3 Å². The van der Waals surface area contributed by atoms with Gasteiger partial charge in [0, 0.05) is 11.8 Å². The van der Waals surface area contributed by atoms with Crippen molar-refractivity contribution in [2.75, 3.05) is 5.32 Å². The van der Waals surface area contributed by atoms with Crippen molar-refractivity contribution in [3.8, 4) is 0 Å². The van der Waals surface area contributed by atoms with Crippen LogP contribution in [0.15, 0.2) is 22.7 Å². The van der Waals surface area contributed by atoms with E-state index < -0.39 is 0 Å².